The van der Waals surface area contributed by atoms with Gasteiger partial charge in [0.15, 0.2) is 0 Å². The molecule has 1 amide bonds. The third-order valence-corrected chi connectivity index (χ3v) is 4.36. The van der Waals surface area contributed by atoms with Crippen molar-refractivity contribution in [2.24, 2.45) is 0 Å². The molecular formula is C20H17ClN4O3. The van der Waals surface area contributed by atoms with Crippen molar-refractivity contribution in [1.82, 2.24) is 10.3 Å². The lowest BCUT2D eigenvalue weighted by molar-refractivity contribution is -0.384. The van der Waals surface area contributed by atoms with Gasteiger partial charge < -0.3 is 5.32 Å². The number of nitrogens with zero attached hydrogens (tertiary/aromatic N) is 2. The molecule has 2 N–H and O–H groups in total. The Labute approximate surface area is 166 Å². The Hall–Kier alpha value is -3.29. The largest absolute Gasteiger partial charge is 0.323 e. The first-order chi connectivity index (χ1) is 13.5. The van der Waals surface area contributed by atoms with Crippen LogP contribution in [0.1, 0.15) is 17.2 Å². The molecule has 3 rings (SSSR count). The van der Waals surface area contributed by atoms with Crippen LogP contribution in [0.25, 0.3) is 0 Å². The minimum Gasteiger partial charge on any atom is -0.323 e. The van der Waals surface area contributed by atoms with Crippen molar-refractivity contribution in [2.75, 3.05) is 5.32 Å². The highest BCUT2D eigenvalue weighted by molar-refractivity contribution is 6.34. The number of non-ortho nitro benzene ring substituents is 1. The maximum Gasteiger partial charge on any atom is 0.271 e. The zero-order chi connectivity index (χ0) is 19.9. The Morgan fingerprint density at radius 2 is 1.93 bits per heavy atom. The first-order valence-corrected chi connectivity index (χ1v) is 8.84. The van der Waals surface area contributed by atoms with E-state index < -0.39 is 11.0 Å². The zero-order valence-electron chi connectivity index (χ0n) is 14.7. The van der Waals surface area contributed by atoms with Crippen LogP contribution >= 0.6 is 11.6 Å². The number of anilines is 1. The summed E-state index contributed by atoms with van der Waals surface area (Å²) >= 11 is 6.09. The second-order valence-electron chi connectivity index (χ2n) is 6.00. The van der Waals surface area contributed by atoms with Crippen LogP contribution in [0.4, 0.5) is 11.4 Å². The molecule has 0 fully saturated rings. The highest BCUT2D eigenvalue weighted by atomic mass is 35.5. The second-order valence-corrected chi connectivity index (χ2v) is 6.40. The predicted molar refractivity (Wildman–Crippen MR) is 107 cm³/mol. The molecule has 0 spiro atoms. The van der Waals surface area contributed by atoms with Gasteiger partial charge in [-0.2, -0.15) is 0 Å². The Morgan fingerprint density at radius 3 is 2.57 bits per heavy atom. The van der Waals surface area contributed by atoms with Crippen molar-refractivity contribution >= 4 is 28.9 Å². The maximum atomic E-state index is 12.9. The molecule has 1 unspecified atom stereocenters. The number of amides is 1. The first kappa shape index (κ1) is 19.5. The van der Waals surface area contributed by atoms with E-state index in [1.54, 1.807) is 12.4 Å². The van der Waals surface area contributed by atoms with E-state index in [2.05, 4.69) is 15.6 Å². The van der Waals surface area contributed by atoms with Gasteiger partial charge >= 0.3 is 0 Å². The summed E-state index contributed by atoms with van der Waals surface area (Å²) in [6.45, 7) is 0.439. The fraction of sp³-hybridized carbons (Fsp3) is 0.100. The number of aromatic nitrogens is 1. The lowest BCUT2D eigenvalue weighted by Crippen LogP contribution is -2.32. The van der Waals surface area contributed by atoms with Crippen LogP contribution in [-0.2, 0) is 11.3 Å². The smallest absolute Gasteiger partial charge is 0.271 e. The SMILES string of the molecule is O=C(Nc1ccc([N+](=O)[O-])cc1Cl)C(NCc1cccnc1)c1ccccc1. The van der Waals surface area contributed by atoms with E-state index >= 15 is 0 Å². The average Bonchev–Trinajstić information content (AvgIpc) is 2.71. The van der Waals surface area contributed by atoms with Crippen molar-refractivity contribution < 1.29 is 9.72 Å². The van der Waals surface area contributed by atoms with Crippen LogP contribution in [-0.4, -0.2) is 15.8 Å². The standard InChI is InChI=1S/C20H17ClN4O3/c21-17-11-16(25(27)28)8-9-18(17)24-20(26)19(15-6-2-1-3-7-15)23-13-14-5-4-10-22-12-14/h1-12,19,23H,13H2,(H,24,26). The Bertz CT molecular complexity index is 968. The van der Waals surface area contributed by atoms with Gasteiger partial charge in [0.1, 0.15) is 6.04 Å². The number of nitro groups is 1. The van der Waals surface area contributed by atoms with Gasteiger partial charge in [0.05, 0.1) is 15.6 Å². The van der Waals surface area contributed by atoms with Gasteiger partial charge in [-0.25, -0.2) is 0 Å². The van der Waals surface area contributed by atoms with Gasteiger partial charge in [0.25, 0.3) is 5.69 Å². The highest BCUT2D eigenvalue weighted by Gasteiger charge is 2.21. The van der Waals surface area contributed by atoms with Crippen LogP contribution < -0.4 is 10.6 Å². The second kappa shape index (κ2) is 9.07. The van der Waals surface area contributed by atoms with Crippen molar-refractivity contribution in [2.45, 2.75) is 12.6 Å². The van der Waals surface area contributed by atoms with Crippen molar-refractivity contribution in [3.63, 3.8) is 0 Å². The molecule has 28 heavy (non-hydrogen) atoms. The summed E-state index contributed by atoms with van der Waals surface area (Å²) in [5.74, 6) is -0.328. The fourth-order valence-corrected chi connectivity index (χ4v) is 2.88. The topological polar surface area (TPSA) is 97.2 Å². The number of nitrogens with one attached hydrogen (secondary N) is 2. The molecule has 0 saturated carbocycles. The number of carbonyl (C=O) groups is 1. The highest BCUT2D eigenvalue weighted by Crippen LogP contribution is 2.27. The number of hydrogen-bond donors (Lipinski definition) is 2. The molecule has 0 saturated heterocycles. The van der Waals surface area contributed by atoms with Gasteiger partial charge in [-0.3, -0.25) is 25.2 Å². The molecule has 7 nitrogen and oxygen atoms in total. The third-order valence-electron chi connectivity index (χ3n) is 4.05. The van der Waals surface area contributed by atoms with Gasteiger partial charge in [0.2, 0.25) is 5.91 Å². The van der Waals surface area contributed by atoms with Gasteiger partial charge in [-0.15, -0.1) is 0 Å². The lowest BCUT2D eigenvalue weighted by Gasteiger charge is -2.19. The van der Waals surface area contributed by atoms with E-state index in [1.807, 2.05) is 42.5 Å². The molecule has 1 heterocycles. The summed E-state index contributed by atoms with van der Waals surface area (Å²) in [6, 6.07) is 16.3. The monoisotopic (exact) mass is 396 g/mol. The summed E-state index contributed by atoms with van der Waals surface area (Å²) < 4.78 is 0. The van der Waals surface area contributed by atoms with Gasteiger partial charge in [-0.1, -0.05) is 48.0 Å². The molecule has 8 heteroatoms. The molecule has 1 atom stereocenters. The summed E-state index contributed by atoms with van der Waals surface area (Å²) in [5.41, 5.74) is 1.88. The number of rotatable bonds is 7. The van der Waals surface area contributed by atoms with Crippen LogP contribution in [0.3, 0.4) is 0 Å². The molecule has 3 aromatic rings. The molecule has 0 bridgehead atoms. The van der Waals surface area contributed by atoms with E-state index in [4.69, 9.17) is 11.6 Å². The molecule has 0 radical (unpaired) electrons. The summed E-state index contributed by atoms with van der Waals surface area (Å²) in [5, 5.41) is 16.9. The Morgan fingerprint density at radius 1 is 1.14 bits per heavy atom. The summed E-state index contributed by atoms with van der Waals surface area (Å²) in [4.78, 5) is 27.3. The molecule has 2 aromatic carbocycles. The molecule has 0 aliphatic carbocycles. The fourth-order valence-electron chi connectivity index (χ4n) is 2.65. The molecule has 1 aromatic heterocycles. The first-order valence-electron chi connectivity index (χ1n) is 8.46. The maximum absolute atomic E-state index is 12.9. The van der Waals surface area contributed by atoms with Gasteiger partial charge in [0, 0.05) is 31.1 Å². The number of hydrogen-bond acceptors (Lipinski definition) is 5. The Balaban J connectivity index is 1.79. The van der Waals surface area contributed by atoms with E-state index in [1.165, 1.54) is 18.2 Å². The van der Waals surface area contributed by atoms with Crippen LogP contribution in [0, 0.1) is 10.1 Å². The number of pyridine rings is 1. The minimum absolute atomic E-state index is 0.0987. The molecule has 0 aliphatic rings. The number of benzene rings is 2. The molecular weight excluding hydrogens is 380 g/mol. The molecule has 0 aliphatic heterocycles. The third kappa shape index (κ3) is 4.91. The zero-order valence-corrected chi connectivity index (χ0v) is 15.5. The summed E-state index contributed by atoms with van der Waals surface area (Å²) in [7, 11) is 0. The quantitative estimate of drug-likeness (QED) is 0.462. The van der Waals surface area contributed by atoms with Crippen LogP contribution in [0.15, 0.2) is 73.1 Å². The van der Waals surface area contributed by atoms with Gasteiger partial charge in [-0.05, 0) is 23.3 Å². The van der Waals surface area contributed by atoms with E-state index in [-0.39, 0.29) is 16.6 Å². The van der Waals surface area contributed by atoms with Crippen LogP contribution in [0.5, 0.6) is 0 Å². The lowest BCUT2D eigenvalue weighted by atomic mass is 10.1. The van der Waals surface area contributed by atoms with Crippen molar-refractivity contribution in [1.29, 1.82) is 0 Å². The van der Waals surface area contributed by atoms with E-state index in [9.17, 15) is 14.9 Å². The van der Waals surface area contributed by atoms with Crippen molar-refractivity contribution in [3.8, 4) is 0 Å². The summed E-state index contributed by atoms with van der Waals surface area (Å²) in [6.07, 6.45) is 3.40. The van der Waals surface area contributed by atoms with E-state index in [0.29, 0.717) is 12.2 Å². The predicted octanol–water partition coefficient (Wildman–Crippen LogP) is 4.11. The van der Waals surface area contributed by atoms with Crippen molar-refractivity contribution in [3.05, 3.63) is 99.3 Å². The Kier molecular flexibility index (Phi) is 6.31. The number of nitro benzene ring substituents is 1. The molecule has 142 valence electrons. The van der Waals surface area contributed by atoms with Crippen LogP contribution in [0.2, 0.25) is 5.02 Å². The average molecular weight is 397 g/mol. The normalized spacial score (nSPS) is 11.6. The minimum atomic E-state index is -0.646. The number of carbonyl (C=O) groups excluding carboxylic acids is 1. The van der Waals surface area contributed by atoms with E-state index in [0.717, 1.165) is 11.1 Å². The number of halogens is 1.